The van der Waals surface area contributed by atoms with E-state index in [0.29, 0.717) is 5.56 Å². The number of hydrogen-bond acceptors (Lipinski definition) is 4. The van der Waals surface area contributed by atoms with E-state index in [4.69, 9.17) is 4.74 Å². The van der Waals surface area contributed by atoms with Gasteiger partial charge in [0.2, 0.25) is 0 Å². The average Bonchev–Trinajstić information content (AvgIpc) is 3.40. The Morgan fingerprint density at radius 1 is 0.933 bits per heavy atom. The first-order chi connectivity index (χ1) is 14.6. The number of rotatable bonds is 7. The first kappa shape index (κ1) is 20.3. The Morgan fingerprint density at radius 3 is 2.33 bits per heavy atom. The molecular formula is C25H27NO4. The molecule has 0 spiro atoms. The monoisotopic (exact) mass is 405 g/mol. The summed E-state index contributed by atoms with van der Waals surface area (Å²) in [4.78, 5) is 38.4. The fourth-order valence-corrected chi connectivity index (χ4v) is 5.17. The van der Waals surface area contributed by atoms with Crippen LogP contribution in [-0.4, -0.2) is 24.3 Å². The van der Waals surface area contributed by atoms with Crippen LogP contribution >= 0.6 is 0 Å². The Bertz CT molecular complexity index is 939. The molecule has 0 heterocycles. The lowest BCUT2D eigenvalue weighted by Gasteiger charge is -2.28. The van der Waals surface area contributed by atoms with Gasteiger partial charge in [-0.15, -0.1) is 0 Å². The molecule has 2 aliphatic rings. The lowest BCUT2D eigenvalue weighted by atomic mass is 9.75. The number of benzene rings is 2. The Labute approximate surface area is 176 Å². The number of ether oxygens (including phenoxy) is 1. The van der Waals surface area contributed by atoms with E-state index < -0.39 is 11.9 Å². The zero-order valence-electron chi connectivity index (χ0n) is 17.2. The van der Waals surface area contributed by atoms with Crippen molar-refractivity contribution in [2.45, 2.75) is 32.6 Å². The third kappa shape index (κ3) is 4.02. The van der Waals surface area contributed by atoms with Crippen LogP contribution < -0.4 is 5.32 Å². The number of Topliss-reactive ketones (excluding diaryl/α,β-unsaturated/α-hetero) is 1. The summed E-state index contributed by atoms with van der Waals surface area (Å²) in [6, 6.07) is 16.7. The van der Waals surface area contributed by atoms with Gasteiger partial charge in [-0.3, -0.25) is 14.4 Å². The second kappa shape index (κ2) is 8.82. The van der Waals surface area contributed by atoms with E-state index in [1.54, 1.807) is 12.1 Å². The molecule has 5 heteroatoms. The molecule has 2 fully saturated rings. The minimum absolute atomic E-state index is 0.0195. The van der Waals surface area contributed by atoms with Crippen molar-refractivity contribution in [1.29, 1.82) is 0 Å². The largest absolute Gasteiger partial charge is 0.455 e. The zero-order chi connectivity index (χ0) is 21.1. The molecule has 1 amide bonds. The minimum atomic E-state index is -0.452. The highest BCUT2D eigenvalue weighted by atomic mass is 16.5. The molecule has 2 aliphatic carbocycles. The maximum atomic E-state index is 13.1. The summed E-state index contributed by atoms with van der Waals surface area (Å²) in [6.45, 7) is 1.68. The summed E-state index contributed by atoms with van der Waals surface area (Å²) >= 11 is 0. The summed E-state index contributed by atoms with van der Waals surface area (Å²) in [6.07, 6.45) is 3.61. The number of nitrogens with one attached hydrogen (secondary N) is 1. The third-order valence-corrected chi connectivity index (χ3v) is 6.57. The van der Waals surface area contributed by atoms with Crippen molar-refractivity contribution in [1.82, 2.24) is 0 Å². The third-order valence-electron chi connectivity index (χ3n) is 6.57. The summed E-state index contributed by atoms with van der Waals surface area (Å²) in [5, 5.41) is 2.82. The molecule has 0 aromatic heterocycles. The van der Waals surface area contributed by atoms with Gasteiger partial charge in [0.15, 0.2) is 12.4 Å². The number of carbonyl (C=O) groups is 3. The molecular weight excluding hydrogens is 378 g/mol. The molecule has 2 aromatic rings. The first-order valence-electron chi connectivity index (χ1n) is 10.7. The lowest BCUT2D eigenvalue weighted by Crippen LogP contribution is -2.37. The van der Waals surface area contributed by atoms with Gasteiger partial charge < -0.3 is 10.1 Å². The molecule has 0 radical (unpaired) electrons. The smallest absolute Gasteiger partial charge is 0.310 e. The van der Waals surface area contributed by atoms with E-state index in [1.807, 2.05) is 49.4 Å². The lowest BCUT2D eigenvalue weighted by molar-refractivity contribution is -0.154. The van der Waals surface area contributed by atoms with Gasteiger partial charge in [0, 0.05) is 17.2 Å². The van der Waals surface area contributed by atoms with Crippen molar-refractivity contribution >= 4 is 23.3 Å². The van der Waals surface area contributed by atoms with E-state index in [2.05, 4.69) is 5.32 Å². The van der Waals surface area contributed by atoms with Gasteiger partial charge in [-0.1, -0.05) is 55.5 Å². The quantitative estimate of drug-likeness (QED) is 0.551. The van der Waals surface area contributed by atoms with Crippen molar-refractivity contribution in [3.8, 4) is 0 Å². The standard InChI is InChI=1S/C25H27NO4/c1-2-16-8-6-7-11-20(16)26-21(27)15-30-25(29)23-19-13-12-18(14-19)22(23)24(28)17-9-4-3-5-10-17/h3-11,18-19,22-23H,2,12-15H2,1H3,(H,26,27)/t18-,19-,22+,23-/m1/s1. The second-order valence-electron chi connectivity index (χ2n) is 8.28. The Kier molecular flexibility index (Phi) is 5.98. The number of fused-ring (bicyclic) bond motifs is 2. The minimum Gasteiger partial charge on any atom is -0.455 e. The number of hydrogen-bond donors (Lipinski definition) is 1. The van der Waals surface area contributed by atoms with Crippen LogP contribution in [0.1, 0.15) is 42.1 Å². The number of esters is 1. The maximum Gasteiger partial charge on any atom is 0.310 e. The number of para-hydroxylation sites is 1. The van der Waals surface area contributed by atoms with Gasteiger partial charge >= 0.3 is 5.97 Å². The summed E-state index contributed by atoms with van der Waals surface area (Å²) in [5.41, 5.74) is 2.40. The Morgan fingerprint density at radius 2 is 1.60 bits per heavy atom. The van der Waals surface area contributed by atoms with Crippen LogP contribution in [0.4, 0.5) is 5.69 Å². The van der Waals surface area contributed by atoms with Gasteiger partial charge in [-0.05, 0) is 49.1 Å². The highest BCUT2D eigenvalue weighted by molar-refractivity contribution is 6.01. The molecule has 2 aromatic carbocycles. The van der Waals surface area contributed by atoms with Gasteiger partial charge in [0.1, 0.15) is 0 Å². The van der Waals surface area contributed by atoms with E-state index in [9.17, 15) is 14.4 Å². The van der Waals surface area contributed by atoms with Gasteiger partial charge in [-0.25, -0.2) is 0 Å². The van der Waals surface area contributed by atoms with Crippen LogP contribution in [0.25, 0.3) is 0 Å². The number of anilines is 1. The van der Waals surface area contributed by atoms with Crippen LogP contribution in [0.5, 0.6) is 0 Å². The van der Waals surface area contributed by atoms with Crippen molar-refractivity contribution in [3.63, 3.8) is 0 Å². The summed E-state index contributed by atoms with van der Waals surface area (Å²) < 4.78 is 5.40. The topological polar surface area (TPSA) is 72.5 Å². The number of carbonyl (C=O) groups excluding carboxylic acids is 3. The van der Waals surface area contributed by atoms with Gasteiger partial charge in [-0.2, -0.15) is 0 Å². The van der Waals surface area contributed by atoms with Crippen LogP contribution in [0.15, 0.2) is 54.6 Å². The molecule has 156 valence electrons. The SMILES string of the molecule is CCc1ccccc1NC(=O)COC(=O)[C@@H]1[C@@H]2CC[C@H](C2)[C@@H]1C(=O)c1ccccc1. The molecule has 2 bridgehead atoms. The van der Waals surface area contributed by atoms with Crippen LogP contribution in [0.3, 0.4) is 0 Å². The summed E-state index contributed by atoms with van der Waals surface area (Å²) in [5.74, 6) is -1.16. The number of amides is 1. The second-order valence-corrected chi connectivity index (χ2v) is 8.28. The Balaban J connectivity index is 1.40. The molecule has 4 rings (SSSR count). The first-order valence-corrected chi connectivity index (χ1v) is 10.7. The van der Waals surface area contributed by atoms with E-state index in [1.165, 1.54) is 0 Å². The molecule has 0 aliphatic heterocycles. The van der Waals surface area contributed by atoms with Crippen molar-refractivity contribution in [3.05, 3.63) is 65.7 Å². The van der Waals surface area contributed by atoms with Crippen molar-refractivity contribution in [2.24, 2.45) is 23.7 Å². The molecule has 0 unspecified atom stereocenters. The summed E-state index contributed by atoms with van der Waals surface area (Å²) in [7, 11) is 0. The van der Waals surface area contributed by atoms with Crippen molar-refractivity contribution in [2.75, 3.05) is 11.9 Å². The fraction of sp³-hybridized carbons (Fsp3) is 0.400. The molecule has 5 nitrogen and oxygen atoms in total. The fourth-order valence-electron chi connectivity index (χ4n) is 5.17. The van der Waals surface area contributed by atoms with E-state index in [0.717, 1.165) is 36.9 Å². The van der Waals surface area contributed by atoms with E-state index >= 15 is 0 Å². The highest BCUT2D eigenvalue weighted by Gasteiger charge is 2.54. The van der Waals surface area contributed by atoms with Crippen LogP contribution in [-0.2, 0) is 20.7 Å². The molecule has 1 N–H and O–H groups in total. The highest BCUT2D eigenvalue weighted by Crippen LogP contribution is 2.53. The molecule has 30 heavy (non-hydrogen) atoms. The number of aryl methyl sites for hydroxylation is 1. The maximum absolute atomic E-state index is 13.1. The Hall–Kier alpha value is -2.95. The van der Waals surface area contributed by atoms with Crippen LogP contribution in [0.2, 0.25) is 0 Å². The molecule has 2 saturated carbocycles. The zero-order valence-corrected chi connectivity index (χ0v) is 17.2. The molecule has 0 saturated heterocycles. The van der Waals surface area contributed by atoms with Gasteiger partial charge in [0.05, 0.1) is 5.92 Å². The predicted molar refractivity (Wildman–Crippen MR) is 114 cm³/mol. The molecule has 4 atom stereocenters. The number of ketones is 1. The predicted octanol–water partition coefficient (Wildman–Crippen LogP) is 4.28. The average molecular weight is 405 g/mol. The normalized spacial score (nSPS) is 24.4. The van der Waals surface area contributed by atoms with Gasteiger partial charge in [0.25, 0.3) is 5.91 Å². The van der Waals surface area contributed by atoms with E-state index in [-0.39, 0.29) is 36.1 Å². The van der Waals surface area contributed by atoms with Crippen LogP contribution in [0, 0.1) is 23.7 Å². The van der Waals surface area contributed by atoms with Crippen molar-refractivity contribution < 1.29 is 19.1 Å².